The van der Waals surface area contributed by atoms with Gasteiger partial charge in [0, 0.05) is 22.0 Å². The Bertz CT molecular complexity index is 1380. The first-order chi connectivity index (χ1) is 15.9. The maximum Gasteiger partial charge on any atom is 0.291 e. The van der Waals surface area contributed by atoms with Crippen LogP contribution in [-0.2, 0) is 10.0 Å². The number of nitrogens with one attached hydrogen (secondary N) is 2. The van der Waals surface area contributed by atoms with E-state index in [2.05, 4.69) is 10.0 Å². The predicted molar refractivity (Wildman–Crippen MR) is 127 cm³/mol. The van der Waals surface area contributed by atoms with Gasteiger partial charge in [-0.1, -0.05) is 41.9 Å². The molecule has 0 unspecified atom stereocenters. The summed E-state index contributed by atoms with van der Waals surface area (Å²) in [5.74, 6) is 0.245. The number of rotatable bonds is 7. The van der Waals surface area contributed by atoms with Gasteiger partial charge in [0.2, 0.25) is 0 Å². The number of anilines is 2. The number of amides is 1. The number of carbonyl (C=O) groups excluding carboxylic acids is 1. The van der Waals surface area contributed by atoms with Gasteiger partial charge in [0.1, 0.15) is 16.4 Å². The highest BCUT2D eigenvalue weighted by atomic mass is 35.5. The maximum atomic E-state index is 13.0. The molecule has 1 aromatic heterocycles. The fraction of sp³-hybridized carbons (Fsp3) is 0.0417. The molecule has 0 saturated heterocycles. The van der Waals surface area contributed by atoms with Gasteiger partial charge in [-0.2, -0.15) is 0 Å². The molecule has 1 amide bonds. The number of halogens is 1. The van der Waals surface area contributed by atoms with E-state index in [9.17, 15) is 13.2 Å². The van der Waals surface area contributed by atoms with Crippen molar-refractivity contribution in [1.82, 2.24) is 0 Å². The second-order valence-corrected chi connectivity index (χ2v) is 9.05. The van der Waals surface area contributed by atoms with Gasteiger partial charge in [-0.15, -0.1) is 0 Å². The van der Waals surface area contributed by atoms with Crippen molar-refractivity contribution in [3.05, 3.63) is 95.7 Å². The van der Waals surface area contributed by atoms with E-state index in [-0.39, 0.29) is 22.1 Å². The molecule has 2 N–H and O–H groups in total. The van der Waals surface area contributed by atoms with Crippen molar-refractivity contribution in [3.63, 3.8) is 0 Å². The highest BCUT2D eigenvalue weighted by molar-refractivity contribution is 7.92. The summed E-state index contributed by atoms with van der Waals surface area (Å²) in [5.41, 5.74) is 1.43. The first-order valence-electron chi connectivity index (χ1n) is 9.79. The van der Waals surface area contributed by atoms with Crippen molar-refractivity contribution in [2.45, 2.75) is 4.90 Å². The second kappa shape index (κ2) is 9.40. The normalized spacial score (nSPS) is 11.1. The Labute approximate surface area is 196 Å². The summed E-state index contributed by atoms with van der Waals surface area (Å²) in [4.78, 5) is 12.5. The summed E-state index contributed by atoms with van der Waals surface area (Å²) in [6.07, 6.45) is 0. The molecule has 168 valence electrons. The number of methoxy groups -OCH3 is 1. The molecule has 4 aromatic rings. The van der Waals surface area contributed by atoms with Crippen LogP contribution in [0.15, 0.2) is 94.2 Å². The molecule has 0 radical (unpaired) electrons. The van der Waals surface area contributed by atoms with Gasteiger partial charge in [0.05, 0.1) is 7.11 Å². The van der Waals surface area contributed by atoms with E-state index in [0.717, 1.165) is 5.56 Å². The van der Waals surface area contributed by atoms with Crippen LogP contribution in [0, 0.1) is 0 Å². The summed E-state index contributed by atoms with van der Waals surface area (Å²) in [5, 5.41) is 3.14. The van der Waals surface area contributed by atoms with E-state index in [1.54, 1.807) is 42.5 Å². The topological polar surface area (TPSA) is 97.6 Å². The number of carbonyl (C=O) groups is 1. The summed E-state index contributed by atoms with van der Waals surface area (Å²) in [6, 6.07) is 23.2. The molecule has 0 aliphatic rings. The molecule has 0 aliphatic carbocycles. The molecule has 33 heavy (non-hydrogen) atoms. The average Bonchev–Trinajstić information content (AvgIpc) is 3.32. The lowest BCUT2D eigenvalue weighted by Crippen LogP contribution is -2.16. The Balaban J connectivity index is 1.57. The first kappa shape index (κ1) is 22.4. The Kier molecular flexibility index (Phi) is 6.39. The Morgan fingerprint density at radius 1 is 0.909 bits per heavy atom. The Morgan fingerprint density at radius 2 is 1.61 bits per heavy atom. The zero-order valence-corrected chi connectivity index (χ0v) is 19.0. The van der Waals surface area contributed by atoms with Crippen molar-refractivity contribution in [1.29, 1.82) is 0 Å². The summed E-state index contributed by atoms with van der Waals surface area (Å²) in [6.45, 7) is 0. The maximum absolute atomic E-state index is 13.0. The zero-order chi connectivity index (χ0) is 23.4. The van der Waals surface area contributed by atoms with E-state index in [1.807, 2.05) is 30.3 Å². The van der Waals surface area contributed by atoms with E-state index in [0.29, 0.717) is 16.5 Å². The predicted octanol–water partition coefficient (Wildman–Crippen LogP) is 5.66. The third-order valence-electron chi connectivity index (χ3n) is 4.70. The first-order valence-corrected chi connectivity index (χ1v) is 11.6. The van der Waals surface area contributed by atoms with Crippen molar-refractivity contribution >= 4 is 38.9 Å². The average molecular weight is 483 g/mol. The molecule has 0 spiro atoms. The SMILES string of the molecule is COc1ccc(NC(=O)c2ccc(-c3ccccc3)o2)cc1S(=O)(=O)Nc1ccc(Cl)cc1. The molecule has 4 rings (SSSR count). The number of hydrogen-bond acceptors (Lipinski definition) is 5. The van der Waals surface area contributed by atoms with Crippen LogP contribution in [0.2, 0.25) is 5.02 Å². The van der Waals surface area contributed by atoms with Crippen LogP contribution in [0.25, 0.3) is 11.3 Å². The zero-order valence-electron chi connectivity index (χ0n) is 17.4. The summed E-state index contributed by atoms with van der Waals surface area (Å²) >= 11 is 5.86. The van der Waals surface area contributed by atoms with Crippen LogP contribution < -0.4 is 14.8 Å². The van der Waals surface area contributed by atoms with Gasteiger partial charge in [0.25, 0.3) is 15.9 Å². The fourth-order valence-corrected chi connectivity index (χ4v) is 4.48. The van der Waals surface area contributed by atoms with Gasteiger partial charge in [-0.3, -0.25) is 9.52 Å². The quantitative estimate of drug-likeness (QED) is 0.354. The molecule has 0 aliphatic heterocycles. The number of hydrogen-bond donors (Lipinski definition) is 2. The van der Waals surface area contributed by atoms with E-state index < -0.39 is 15.9 Å². The van der Waals surface area contributed by atoms with E-state index in [4.69, 9.17) is 20.8 Å². The van der Waals surface area contributed by atoms with Crippen LogP contribution in [-0.4, -0.2) is 21.4 Å². The van der Waals surface area contributed by atoms with E-state index >= 15 is 0 Å². The van der Waals surface area contributed by atoms with Crippen LogP contribution in [0.5, 0.6) is 5.75 Å². The lowest BCUT2D eigenvalue weighted by Gasteiger charge is -2.13. The Hall–Kier alpha value is -3.75. The molecule has 0 saturated carbocycles. The molecule has 3 aromatic carbocycles. The molecule has 9 heteroatoms. The minimum Gasteiger partial charge on any atom is -0.495 e. The van der Waals surface area contributed by atoms with Gasteiger partial charge in [0.15, 0.2) is 5.76 Å². The number of furan rings is 1. The number of ether oxygens (including phenoxy) is 1. The molecule has 1 heterocycles. The summed E-state index contributed by atoms with van der Waals surface area (Å²) in [7, 11) is -2.65. The lowest BCUT2D eigenvalue weighted by molar-refractivity contribution is 0.0997. The van der Waals surface area contributed by atoms with Crippen LogP contribution in [0.1, 0.15) is 10.6 Å². The van der Waals surface area contributed by atoms with Crippen molar-refractivity contribution in [3.8, 4) is 17.1 Å². The second-order valence-electron chi connectivity index (χ2n) is 6.96. The standard InChI is InChI=1S/C24H19ClN2O5S/c1-31-21-12-11-19(15-23(21)33(29,30)27-18-9-7-17(25)8-10-18)26-24(28)22-14-13-20(32-22)16-5-3-2-4-6-16/h2-15,27H,1H3,(H,26,28). The Morgan fingerprint density at radius 3 is 2.30 bits per heavy atom. The minimum atomic E-state index is -4.02. The van der Waals surface area contributed by atoms with E-state index in [1.165, 1.54) is 19.2 Å². The minimum absolute atomic E-state index is 0.0911. The van der Waals surface area contributed by atoms with Crippen LogP contribution >= 0.6 is 11.6 Å². The van der Waals surface area contributed by atoms with Crippen LogP contribution in [0.3, 0.4) is 0 Å². The molecule has 0 atom stereocenters. The molecule has 0 bridgehead atoms. The number of benzene rings is 3. The molecular formula is C24H19ClN2O5S. The molecular weight excluding hydrogens is 464 g/mol. The molecule has 7 nitrogen and oxygen atoms in total. The lowest BCUT2D eigenvalue weighted by atomic mass is 10.2. The summed E-state index contributed by atoms with van der Waals surface area (Å²) < 4.78 is 39.3. The van der Waals surface area contributed by atoms with Crippen LogP contribution in [0.4, 0.5) is 11.4 Å². The highest BCUT2D eigenvalue weighted by Crippen LogP contribution is 2.30. The van der Waals surface area contributed by atoms with Gasteiger partial charge < -0.3 is 14.5 Å². The van der Waals surface area contributed by atoms with Crippen molar-refractivity contribution in [2.24, 2.45) is 0 Å². The van der Waals surface area contributed by atoms with Crippen molar-refractivity contribution < 1.29 is 22.4 Å². The highest BCUT2D eigenvalue weighted by Gasteiger charge is 2.22. The monoisotopic (exact) mass is 482 g/mol. The van der Waals surface area contributed by atoms with Gasteiger partial charge >= 0.3 is 0 Å². The van der Waals surface area contributed by atoms with Gasteiger partial charge in [-0.25, -0.2) is 8.42 Å². The van der Waals surface area contributed by atoms with Gasteiger partial charge in [-0.05, 0) is 54.6 Å². The third-order valence-corrected chi connectivity index (χ3v) is 6.35. The number of sulfonamides is 1. The van der Waals surface area contributed by atoms with Crippen molar-refractivity contribution in [2.75, 3.05) is 17.1 Å². The fourth-order valence-electron chi connectivity index (χ4n) is 3.10. The third kappa shape index (κ3) is 5.19. The largest absolute Gasteiger partial charge is 0.495 e. The smallest absolute Gasteiger partial charge is 0.291 e. The molecule has 0 fully saturated rings.